The van der Waals surface area contributed by atoms with Gasteiger partial charge in [0.1, 0.15) is 4.83 Å². The van der Waals surface area contributed by atoms with Crippen LogP contribution in [-0.4, -0.2) is 11.4 Å². The zero-order valence-corrected chi connectivity index (χ0v) is 10.8. The van der Waals surface area contributed by atoms with Gasteiger partial charge in [0.05, 0.1) is 0 Å². The molecular formula is C12H16BrNO. The van der Waals surface area contributed by atoms with E-state index in [-0.39, 0.29) is 16.3 Å². The number of carbonyl (C=O) groups is 1. The Morgan fingerprint density at radius 3 is 2.27 bits per heavy atom. The van der Waals surface area contributed by atoms with E-state index in [9.17, 15) is 4.79 Å². The number of halogens is 1. The molecule has 0 heterocycles. The topological polar surface area (TPSA) is 29.1 Å². The third-order valence-corrected chi connectivity index (χ3v) is 2.77. The third-order valence-electron chi connectivity index (χ3n) is 1.82. The molecule has 0 aliphatic rings. The van der Waals surface area contributed by atoms with E-state index in [4.69, 9.17) is 0 Å². The van der Waals surface area contributed by atoms with Gasteiger partial charge in [0.25, 0.3) is 0 Å². The number of amides is 1. The lowest BCUT2D eigenvalue weighted by Gasteiger charge is -2.22. The van der Waals surface area contributed by atoms with E-state index in [1.165, 1.54) is 0 Å². The lowest BCUT2D eigenvalue weighted by Crippen LogP contribution is -2.42. The van der Waals surface area contributed by atoms with Crippen LogP contribution in [0.3, 0.4) is 0 Å². The molecule has 1 aromatic carbocycles. The van der Waals surface area contributed by atoms with Crippen molar-refractivity contribution in [2.45, 2.75) is 31.1 Å². The van der Waals surface area contributed by atoms with Crippen molar-refractivity contribution in [3.05, 3.63) is 35.9 Å². The standard InChI is InChI=1S/C12H16BrNO/c1-12(2,3)14-11(15)10(13)9-7-5-4-6-8-9/h4-8,10H,1-3H3,(H,14,15)/t10-/m0/s1. The van der Waals surface area contributed by atoms with Gasteiger partial charge in [-0.15, -0.1) is 0 Å². The first-order chi connectivity index (χ1) is 6.90. The Hall–Kier alpha value is -0.830. The van der Waals surface area contributed by atoms with Gasteiger partial charge in [-0.25, -0.2) is 0 Å². The molecule has 0 saturated carbocycles. The summed E-state index contributed by atoms with van der Waals surface area (Å²) in [7, 11) is 0. The van der Waals surface area contributed by atoms with E-state index >= 15 is 0 Å². The Morgan fingerprint density at radius 1 is 1.27 bits per heavy atom. The summed E-state index contributed by atoms with van der Waals surface area (Å²) in [4.78, 5) is 11.5. The zero-order chi connectivity index (χ0) is 11.5. The summed E-state index contributed by atoms with van der Waals surface area (Å²) < 4.78 is 0. The van der Waals surface area contributed by atoms with E-state index in [1.807, 2.05) is 51.1 Å². The van der Waals surface area contributed by atoms with Crippen LogP contribution in [0, 0.1) is 0 Å². The molecule has 1 aromatic rings. The molecule has 0 aliphatic heterocycles. The maximum atomic E-state index is 11.8. The number of carbonyl (C=O) groups excluding carboxylic acids is 1. The minimum Gasteiger partial charge on any atom is -0.350 e. The van der Waals surface area contributed by atoms with Crippen molar-refractivity contribution in [3.63, 3.8) is 0 Å². The first kappa shape index (κ1) is 12.2. The summed E-state index contributed by atoms with van der Waals surface area (Å²) in [5.74, 6) is -0.00583. The van der Waals surface area contributed by atoms with Crippen LogP contribution in [0.1, 0.15) is 31.2 Å². The van der Waals surface area contributed by atoms with Crippen molar-refractivity contribution in [1.29, 1.82) is 0 Å². The summed E-state index contributed by atoms with van der Waals surface area (Å²) in [5, 5.41) is 2.93. The molecule has 0 spiro atoms. The smallest absolute Gasteiger partial charge is 0.238 e. The average molecular weight is 270 g/mol. The normalized spacial score (nSPS) is 13.3. The number of hydrogen-bond acceptors (Lipinski definition) is 1. The highest BCUT2D eigenvalue weighted by Gasteiger charge is 2.21. The van der Waals surface area contributed by atoms with Crippen LogP contribution in [-0.2, 0) is 4.79 Å². The molecule has 1 rings (SSSR count). The second kappa shape index (κ2) is 4.79. The zero-order valence-electron chi connectivity index (χ0n) is 9.25. The lowest BCUT2D eigenvalue weighted by molar-refractivity contribution is -0.121. The molecule has 1 atom stereocenters. The van der Waals surface area contributed by atoms with Crippen LogP contribution in [0.2, 0.25) is 0 Å². The second-order valence-corrected chi connectivity index (χ2v) is 5.43. The molecule has 1 N–H and O–H groups in total. The van der Waals surface area contributed by atoms with E-state index in [1.54, 1.807) is 0 Å². The number of rotatable bonds is 2. The highest BCUT2D eigenvalue weighted by molar-refractivity contribution is 9.09. The first-order valence-corrected chi connectivity index (χ1v) is 5.83. The van der Waals surface area contributed by atoms with E-state index in [2.05, 4.69) is 21.2 Å². The van der Waals surface area contributed by atoms with Crippen LogP contribution in [0.4, 0.5) is 0 Å². The van der Waals surface area contributed by atoms with Gasteiger partial charge in [-0.1, -0.05) is 46.3 Å². The van der Waals surface area contributed by atoms with E-state index < -0.39 is 0 Å². The number of alkyl halides is 1. The fourth-order valence-electron chi connectivity index (χ4n) is 1.21. The average Bonchev–Trinajstić information content (AvgIpc) is 2.15. The second-order valence-electron chi connectivity index (χ2n) is 4.51. The summed E-state index contributed by atoms with van der Waals surface area (Å²) in [5.41, 5.74) is 0.775. The largest absolute Gasteiger partial charge is 0.350 e. The monoisotopic (exact) mass is 269 g/mol. The lowest BCUT2D eigenvalue weighted by atomic mass is 10.1. The summed E-state index contributed by atoms with van der Waals surface area (Å²) >= 11 is 3.39. The molecule has 0 bridgehead atoms. The van der Waals surface area contributed by atoms with Crippen LogP contribution < -0.4 is 5.32 Å². The minimum atomic E-state index is -0.280. The molecule has 82 valence electrons. The molecular weight excluding hydrogens is 254 g/mol. The van der Waals surface area contributed by atoms with Gasteiger partial charge in [0.2, 0.25) is 5.91 Å². The van der Waals surface area contributed by atoms with Crippen LogP contribution in [0.25, 0.3) is 0 Å². The van der Waals surface area contributed by atoms with Gasteiger partial charge in [0, 0.05) is 5.54 Å². The van der Waals surface area contributed by atoms with Gasteiger partial charge in [0.15, 0.2) is 0 Å². The quantitative estimate of drug-likeness (QED) is 0.822. The van der Waals surface area contributed by atoms with Crippen LogP contribution in [0.5, 0.6) is 0 Å². The van der Waals surface area contributed by atoms with Gasteiger partial charge in [-0.3, -0.25) is 4.79 Å². The van der Waals surface area contributed by atoms with Crippen molar-refractivity contribution in [2.24, 2.45) is 0 Å². The summed E-state index contributed by atoms with van der Waals surface area (Å²) in [6.45, 7) is 5.90. The fourth-order valence-corrected chi connectivity index (χ4v) is 1.63. The molecule has 0 radical (unpaired) electrons. The minimum absolute atomic E-state index is 0.00583. The van der Waals surface area contributed by atoms with Gasteiger partial charge in [-0.05, 0) is 26.3 Å². The molecule has 1 amide bonds. The van der Waals surface area contributed by atoms with Crippen molar-refractivity contribution in [3.8, 4) is 0 Å². The molecule has 0 unspecified atom stereocenters. The molecule has 15 heavy (non-hydrogen) atoms. The Kier molecular flexibility index (Phi) is 3.91. The molecule has 0 saturated heterocycles. The number of hydrogen-bond donors (Lipinski definition) is 1. The van der Waals surface area contributed by atoms with Gasteiger partial charge in [-0.2, -0.15) is 0 Å². The Labute approximate surface area is 99.2 Å². The maximum Gasteiger partial charge on any atom is 0.238 e. The SMILES string of the molecule is CC(C)(C)NC(=O)[C@@H](Br)c1ccccc1. The highest BCUT2D eigenvalue weighted by atomic mass is 79.9. The van der Waals surface area contributed by atoms with Gasteiger partial charge < -0.3 is 5.32 Å². The van der Waals surface area contributed by atoms with Crippen molar-refractivity contribution in [1.82, 2.24) is 5.32 Å². The predicted molar refractivity (Wildman–Crippen MR) is 66.0 cm³/mol. The molecule has 0 aliphatic carbocycles. The van der Waals surface area contributed by atoms with Crippen LogP contribution in [0.15, 0.2) is 30.3 Å². The number of nitrogens with one attached hydrogen (secondary N) is 1. The predicted octanol–water partition coefficient (Wildman–Crippen LogP) is 3.04. The van der Waals surface area contributed by atoms with Crippen molar-refractivity contribution >= 4 is 21.8 Å². The highest BCUT2D eigenvalue weighted by Crippen LogP contribution is 2.23. The number of benzene rings is 1. The van der Waals surface area contributed by atoms with E-state index in [0.717, 1.165) is 5.56 Å². The summed E-state index contributed by atoms with van der Waals surface area (Å²) in [6, 6.07) is 9.65. The molecule has 0 aromatic heterocycles. The molecule has 3 heteroatoms. The first-order valence-electron chi connectivity index (χ1n) is 4.91. The van der Waals surface area contributed by atoms with Crippen LogP contribution >= 0.6 is 15.9 Å². The Balaban J connectivity index is 2.70. The molecule has 2 nitrogen and oxygen atoms in total. The van der Waals surface area contributed by atoms with Crippen molar-refractivity contribution < 1.29 is 4.79 Å². The van der Waals surface area contributed by atoms with Crippen molar-refractivity contribution in [2.75, 3.05) is 0 Å². The Bertz CT molecular complexity index is 329. The summed E-state index contributed by atoms with van der Waals surface area (Å²) in [6.07, 6.45) is 0. The molecule has 0 fully saturated rings. The fraction of sp³-hybridized carbons (Fsp3) is 0.417. The third kappa shape index (κ3) is 4.04. The van der Waals surface area contributed by atoms with Gasteiger partial charge >= 0.3 is 0 Å². The Morgan fingerprint density at radius 2 is 1.80 bits per heavy atom. The maximum absolute atomic E-state index is 11.8. The van der Waals surface area contributed by atoms with E-state index in [0.29, 0.717) is 0 Å².